The Morgan fingerprint density at radius 2 is 2.09 bits per heavy atom. The highest BCUT2D eigenvalue weighted by molar-refractivity contribution is 7.09. The molecule has 3 rings (SSSR count). The molecular formula is C16H21Cl2N3OS. The van der Waals surface area contributed by atoms with Crippen LogP contribution in [0.3, 0.4) is 0 Å². The van der Waals surface area contributed by atoms with Crippen LogP contribution in [-0.2, 0) is 0 Å². The Kier molecular flexibility index (Phi) is 7.99. The third-order valence-corrected chi connectivity index (χ3v) is 4.43. The first-order valence-corrected chi connectivity index (χ1v) is 8.14. The van der Waals surface area contributed by atoms with Crippen molar-refractivity contribution in [2.75, 3.05) is 26.2 Å². The number of rotatable bonds is 2. The largest absolute Gasteiger partial charge is 0.337 e. The summed E-state index contributed by atoms with van der Waals surface area (Å²) in [5.74, 6) is 0.118. The molecule has 1 aliphatic heterocycles. The summed E-state index contributed by atoms with van der Waals surface area (Å²) in [6.45, 7) is 5.46. The molecule has 0 radical (unpaired) electrons. The summed E-state index contributed by atoms with van der Waals surface area (Å²) >= 11 is 1.63. The first-order valence-electron chi connectivity index (χ1n) is 7.26. The van der Waals surface area contributed by atoms with Gasteiger partial charge in [0.05, 0.1) is 10.7 Å². The minimum atomic E-state index is 0. The van der Waals surface area contributed by atoms with E-state index >= 15 is 0 Å². The highest BCUT2D eigenvalue weighted by Gasteiger charge is 2.17. The number of aryl methyl sites for hydroxylation is 1. The number of hydrogen-bond donors (Lipinski definition) is 1. The topological polar surface area (TPSA) is 45.2 Å². The second-order valence-corrected chi connectivity index (χ2v) is 6.29. The minimum absolute atomic E-state index is 0. The highest BCUT2D eigenvalue weighted by atomic mass is 35.5. The van der Waals surface area contributed by atoms with Crippen molar-refractivity contribution < 1.29 is 4.79 Å². The predicted octanol–water partition coefficient (Wildman–Crippen LogP) is 3.40. The number of hydrogen-bond acceptors (Lipinski definition) is 4. The van der Waals surface area contributed by atoms with Crippen LogP contribution in [0.4, 0.5) is 0 Å². The Hall–Kier alpha value is -1.14. The van der Waals surface area contributed by atoms with Crippen LogP contribution in [0.15, 0.2) is 29.6 Å². The number of thiazole rings is 1. The molecule has 0 saturated carbocycles. The summed E-state index contributed by atoms with van der Waals surface area (Å²) in [7, 11) is 0. The molecule has 2 heterocycles. The van der Waals surface area contributed by atoms with Gasteiger partial charge >= 0.3 is 0 Å². The van der Waals surface area contributed by atoms with Gasteiger partial charge in [0.15, 0.2) is 0 Å². The first-order chi connectivity index (χ1) is 10.2. The third kappa shape index (κ3) is 4.91. The van der Waals surface area contributed by atoms with E-state index < -0.39 is 0 Å². The summed E-state index contributed by atoms with van der Waals surface area (Å²) < 4.78 is 0. The van der Waals surface area contributed by atoms with E-state index in [0.29, 0.717) is 0 Å². The molecule has 23 heavy (non-hydrogen) atoms. The molecule has 1 aromatic carbocycles. The highest BCUT2D eigenvalue weighted by Crippen LogP contribution is 2.23. The predicted molar refractivity (Wildman–Crippen MR) is 100 cm³/mol. The number of nitrogens with one attached hydrogen (secondary N) is 1. The average molecular weight is 374 g/mol. The van der Waals surface area contributed by atoms with Crippen molar-refractivity contribution in [3.05, 3.63) is 40.2 Å². The van der Waals surface area contributed by atoms with Crippen LogP contribution in [0.1, 0.15) is 21.8 Å². The zero-order valence-electron chi connectivity index (χ0n) is 12.9. The van der Waals surface area contributed by atoms with Gasteiger partial charge in [-0.15, -0.1) is 36.2 Å². The Morgan fingerprint density at radius 3 is 2.83 bits per heavy atom. The monoisotopic (exact) mass is 373 g/mol. The molecule has 1 amide bonds. The van der Waals surface area contributed by atoms with E-state index in [1.807, 2.05) is 41.5 Å². The van der Waals surface area contributed by atoms with Gasteiger partial charge in [-0.05, 0) is 32.0 Å². The Bertz CT molecular complexity index is 640. The number of nitrogens with zero attached hydrogens (tertiary/aromatic N) is 2. The molecule has 126 valence electrons. The lowest BCUT2D eigenvalue weighted by molar-refractivity contribution is 0.0766. The van der Waals surface area contributed by atoms with Crippen LogP contribution >= 0.6 is 36.2 Å². The van der Waals surface area contributed by atoms with Gasteiger partial charge < -0.3 is 10.2 Å². The second-order valence-electron chi connectivity index (χ2n) is 5.23. The number of carbonyl (C=O) groups is 1. The van der Waals surface area contributed by atoms with Crippen LogP contribution < -0.4 is 5.32 Å². The number of carbonyl (C=O) groups excluding carboxylic acids is 1. The Balaban J connectivity index is 0.00000132. The number of benzene rings is 1. The fraction of sp³-hybridized carbons (Fsp3) is 0.375. The van der Waals surface area contributed by atoms with Gasteiger partial charge in [-0.25, -0.2) is 4.98 Å². The molecule has 0 spiro atoms. The summed E-state index contributed by atoms with van der Waals surface area (Å²) in [5.41, 5.74) is 2.71. The number of aromatic nitrogens is 1. The first kappa shape index (κ1) is 19.9. The molecule has 0 bridgehead atoms. The summed E-state index contributed by atoms with van der Waals surface area (Å²) in [6.07, 6.45) is 1.01. The molecular weight excluding hydrogens is 353 g/mol. The van der Waals surface area contributed by atoms with Gasteiger partial charge in [-0.2, -0.15) is 0 Å². The molecule has 1 saturated heterocycles. The van der Waals surface area contributed by atoms with Gasteiger partial charge in [0.2, 0.25) is 0 Å². The third-order valence-electron chi connectivity index (χ3n) is 3.65. The Labute approximate surface area is 153 Å². The van der Waals surface area contributed by atoms with Crippen LogP contribution in [0.2, 0.25) is 0 Å². The van der Waals surface area contributed by atoms with Crippen LogP contribution in [0, 0.1) is 6.92 Å². The summed E-state index contributed by atoms with van der Waals surface area (Å²) in [4.78, 5) is 19.1. The maximum absolute atomic E-state index is 12.6. The smallest absolute Gasteiger partial charge is 0.253 e. The molecule has 4 nitrogen and oxygen atoms in total. The zero-order chi connectivity index (χ0) is 14.7. The van der Waals surface area contributed by atoms with E-state index in [1.54, 1.807) is 11.3 Å². The summed E-state index contributed by atoms with van der Waals surface area (Å²) in [6, 6.07) is 7.79. The van der Waals surface area contributed by atoms with Crippen molar-refractivity contribution in [1.29, 1.82) is 0 Å². The van der Waals surface area contributed by atoms with Gasteiger partial charge in [-0.1, -0.05) is 12.1 Å². The van der Waals surface area contributed by atoms with Crippen molar-refractivity contribution in [1.82, 2.24) is 15.2 Å². The van der Waals surface area contributed by atoms with Crippen molar-refractivity contribution in [2.45, 2.75) is 13.3 Å². The van der Waals surface area contributed by atoms with Gasteiger partial charge in [0.25, 0.3) is 5.91 Å². The lowest BCUT2D eigenvalue weighted by atomic mass is 10.1. The summed E-state index contributed by atoms with van der Waals surface area (Å²) in [5, 5.41) is 6.40. The average Bonchev–Trinajstić information content (AvgIpc) is 2.77. The number of amides is 1. The van der Waals surface area contributed by atoms with E-state index in [-0.39, 0.29) is 30.7 Å². The molecule has 0 aliphatic carbocycles. The van der Waals surface area contributed by atoms with Gasteiger partial charge in [0, 0.05) is 36.1 Å². The number of halogens is 2. The van der Waals surface area contributed by atoms with Crippen molar-refractivity contribution >= 4 is 42.1 Å². The SMILES string of the molecule is Cc1nc(-c2cccc(C(=O)N3CCCNCC3)c2)cs1.Cl.Cl. The molecule has 0 unspecified atom stereocenters. The fourth-order valence-electron chi connectivity index (χ4n) is 2.54. The van der Waals surface area contributed by atoms with Crippen molar-refractivity contribution in [3.63, 3.8) is 0 Å². The molecule has 2 aromatic rings. The second kappa shape index (κ2) is 9.23. The van der Waals surface area contributed by atoms with E-state index in [9.17, 15) is 4.79 Å². The zero-order valence-corrected chi connectivity index (χ0v) is 15.4. The van der Waals surface area contributed by atoms with Crippen LogP contribution in [0.5, 0.6) is 0 Å². The van der Waals surface area contributed by atoms with Crippen molar-refractivity contribution in [2.24, 2.45) is 0 Å². The minimum Gasteiger partial charge on any atom is -0.337 e. The van der Waals surface area contributed by atoms with E-state index in [0.717, 1.165) is 54.4 Å². The normalized spacial score (nSPS) is 14.4. The quantitative estimate of drug-likeness (QED) is 0.877. The molecule has 1 fully saturated rings. The van der Waals surface area contributed by atoms with Crippen LogP contribution in [0.25, 0.3) is 11.3 Å². The molecule has 1 aromatic heterocycles. The maximum Gasteiger partial charge on any atom is 0.253 e. The van der Waals surface area contributed by atoms with Gasteiger partial charge in [-0.3, -0.25) is 4.79 Å². The van der Waals surface area contributed by atoms with E-state index in [1.165, 1.54) is 0 Å². The molecule has 1 N–H and O–H groups in total. The van der Waals surface area contributed by atoms with E-state index in [2.05, 4.69) is 10.3 Å². The van der Waals surface area contributed by atoms with Crippen LogP contribution in [-0.4, -0.2) is 42.0 Å². The molecule has 0 atom stereocenters. The lowest BCUT2D eigenvalue weighted by Crippen LogP contribution is -2.34. The Morgan fingerprint density at radius 1 is 1.26 bits per heavy atom. The van der Waals surface area contributed by atoms with Crippen molar-refractivity contribution in [3.8, 4) is 11.3 Å². The molecule has 1 aliphatic rings. The lowest BCUT2D eigenvalue weighted by Gasteiger charge is -2.20. The standard InChI is InChI=1S/C16H19N3OS.2ClH/c1-12-18-15(11-21-12)13-4-2-5-14(10-13)16(20)19-8-3-6-17-7-9-19;;/h2,4-5,10-11,17H,3,6-9H2,1H3;2*1H. The van der Waals surface area contributed by atoms with Gasteiger partial charge in [0.1, 0.15) is 0 Å². The fourth-order valence-corrected chi connectivity index (χ4v) is 3.16. The van der Waals surface area contributed by atoms with E-state index in [4.69, 9.17) is 0 Å². The molecule has 7 heteroatoms. The maximum atomic E-state index is 12.6.